The molecule has 9 rings (SSSR count). The molecule has 7 aromatic rings. The summed E-state index contributed by atoms with van der Waals surface area (Å²) in [5.41, 5.74) is 14.0. The molecule has 0 saturated carbocycles. The van der Waals surface area contributed by atoms with Crippen LogP contribution in [0.1, 0.15) is 52.8 Å². The standard InChI is InChI=1S/C41H28N2/c1-40(2)31-14-4-5-15-32(31)41(34-17-9-12-28(38(34)40)27-23-21-26(25-42)22-24-27)33-16-6-8-20-37(33)43-36-19-7-3-11-29(36)30-13-10-18-35(41)39(30)43/h3-24H,1-2H3. The summed E-state index contributed by atoms with van der Waals surface area (Å²) < 4.78 is 2.49. The van der Waals surface area contributed by atoms with Crippen LogP contribution in [-0.4, -0.2) is 4.57 Å². The van der Waals surface area contributed by atoms with Crippen LogP contribution < -0.4 is 0 Å². The van der Waals surface area contributed by atoms with Crippen molar-refractivity contribution in [3.63, 3.8) is 0 Å². The third-order valence-corrected chi connectivity index (χ3v) is 10.1. The van der Waals surface area contributed by atoms with Gasteiger partial charge in [-0.25, -0.2) is 0 Å². The molecular formula is C41H28N2. The predicted molar refractivity (Wildman–Crippen MR) is 175 cm³/mol. The van der Waals surface area contributed by atoms with Gasteiger partial charge in [0.2, 0.25) is 0 Å². The minimum atomic E-state index is -0.509. The number of rotatable bonds is 1. The Morgan fingerprint density at radius 1 is 0.558 bits per heavy atom. The number of hydrogen-bond acceptors (Lipinski definition) is 1. The van der Waals surface area contributed by atoms with Gasteiger partial charge in [-0.05, 0) is 68.8 Å². The van der Waals surface area contributed by atoms with Gasteiger partial charge in [-0.3, -0.25) is 0 Å². The molecule has 0 amide bonds. The Labute approximate surface area is 251 Å². The molecule has 2 heterocycles. The monoisotopic (exact) mass is 548 g/mol. The molecule has 1 aliphatic carbocycles. The number of benzene rings is 6. The Balaban J connectivity index is 1.52. The lowest BCUT2D eigenvalue weighted by Crippen LogP contribution is -2.44. The molecule has 6 aromatic carbocycles. The van der Waals surface area contributed by atoms with E-state index < -0.39 is 5.41 Å². The highest BCUT2D eigenvalue weighted by Gasteiger charge is 2.53. The second-order valence-electron chi connectivity index (χ2n) is 12.4. The number of para-hydroxylation sites is 3. The first-order valence-electron chi connectivity index (χ1n) is 14.9. The third-order valence-electron chi connectivity index (χ3n) is 10.1. The van der Waals surface area contributed by atoms with Gasteiger partial charge in [-0.2, -0.15) is 5.26 Å². The molecule has 2 aliphatic rings. The Bertz CT molecular complexity index is 2330. The van der Waals surface area contributed by atoms with E-state index in [1.165, 1.54) is 66.4 Å². The van der Waals surface area contributed by atoms with Gasteiger partial charge < -0.3 is 4.57 Å². The zero-order chi connectivity index (χ0) is 28.9. The second kappa shape index (κ2) is 8.34. The fraction of sp³-hybridized carbons (Fsp3) is 0.0976. The zero-order valence-electron chi connectivity index (χ0n) is 24.1. The normalized spacial score (nSPS) is 17.3. The minimum absolute atomic E-state index is 0.255. The average molecular weight is 549 g/mol. The van der Waals surface area contributed by atoms with Crippen molar-refractivity contribution in [2.24, 2.45) is 0 Å². The van der Waals surface area contributed by atoms with Crippen LogP contribution in [0.15, 0.2) is 133 Å². The molecule has 0 fully saturated rings. The van der Waals surface area contributed by atoms with E-state index >= 15 is 0 Å². The number of hydrogen-bond donors (Lipinski definition) is 0. The van der Waals surface area contributed by atoms with E-state index in [9.17, 15) is 5.26 Å². The van der Waals surface area contributed by atoms with Crippen molar-refractivity contribution >= 4 is 21.8 Å². The maximum Gasteiger partial charge on any atom is 0.0991 e. The summed E-state index contributed by atoms with van der Waals surface area (Å²) in [4.78, 5) is 0. The number of nitrogens with zero attached hydrogens (tertiary/aromatic N) is 2. The summed E-state index contributed by atoms with van der Waals surface area (Å²) in [6, 6.07) is 51.0. The molecule has 2 nitrogen and oxygen atoms in total. The minimum Gasteiger partial charge on any atom is -0.309 e. The molecule has 0 saturated heterocycles. The van der Waals surface area contributed by atoms with E-state index in [-0.39, 0.29) is 5.41 Å². The molecule has 1 aliphatic heterocycles. The molecule has 0 N–H and O–H groups in total. The molecule has 0 radical (unpaired) electrons. The van der Waals surface area contributed by atoms with E-state index in [2.05, 4.69) is 146 Å². The number of nitriles is 1. The lowest BCUT2D eigenvalue weighted by atomic mass is 9.52. The van der Waals surface area contributed by atoms with Crippen molar-refractivity contribution in [1.82, 2.24) is 4.57 Å². The molecule has 1 aromatic heterocycles. The van der Waals surface area contributed by atoms with Gasteiger partial charge in [0, 0.05) is 16.2 Å². The molecule has 202 valence electrons. The van der Waals surface area contributed by atoms with Gasteiger partial charge in [0.25, 0.3) is 0 Å². The van der Waals surface area contributed by atoms with E-state index in [1.54, 1.807) is 0 Å². The fourth-order valence-electron chi connectivity index (χ4n) is 8.42. The van der Waals surface area contributed by atoms with Gasteiger partial charge in [0.15, 0.2) is 0 Å². The first kappa shape index (κ1) is 24.2. The highest BCUT2D eigenvalue weighted by atomic mass is 15.0. The maximum absolute atomic E-state index is 9.50. The highest BCUT2D eigenvalue weighted by molar-refractivity contribution is 6.12. The van der Waals surface area contributed by atoms with Crippen molar-refractivity contribution in [3.8, 4) is 22.9 Å². The predicted octanol–water partition coefficient (Wildman–Crippen LogP) is 9.66. The topological polar surface area (TPSA) is 28.7 Å². The molecule has 43 heavy (non-hydrogen) atoms. The van der Waals surface area contributed by atoms with Crippen molar-refractivity contribution in [2.75, 3.05) is 0 Å². The van der Waals surface area contributed by atoms with Crippen molar-refractivity contribution in [3.05, 3.63) is 172 Å². The van der Waals surface area contributed by atoms with Crippen LogP contribution in [-0.2, 0) is 10.8 Å². The lowest BCUT2D eigenvalue weighted by molar-refractivity contribution is 0.558. The van der Waals surface area contributed by atoms with Gasteiger partial charge in [0.05, 0.1) is 33.8 Å². The summed E-state index contributed by atoms with van der Waals surface area (Å²) in [6.45, 7) is 4.74. The fourth-order valence-corrected chi connectivity index (χ4v) is 8.42. The zero-order valence-corrected chi connectivity index (χ0v) is 24.1. The third kappa shape index (κ3) is 2.87. The van der Waals surface area contributed by atoms with E-state index in [0.29, 0.717) is 5.56 Å². The largest absolute Gasteiger partial charge is 0.309 e. The highest BCUT2D eigenvalue weighted by Crippen LogP contribution is 2.61. The number of fused-ring (bicyclic) bond motifs is 11. The Morgan fingerprint density at radius 3 is 2.00 bits per heavy atom. The Hall–Kier alpha value is -5.39. The first-order valence-corrected chi connectivity index (χ1v) is 14.9. The molecule has 2 heteroatoms. The van der Waals surface area contributed by atoms with Gasteiger partial charge in [0.1, 0.15) is 0 Å². The molecule has 1 atom stereocenters. The summed E-state index contributed by atoms with van der Waals surface area (Å²) in [6.07, 6.45) is 0. The van der Waals surface area contributed by atoms with E-state index in [4.69, 9.17) is 0 Å². The van der Waals surface area contributed by atoms with Crippen LogP contribution in [0, 0.1) is 11.3 Å². The smallest absolute Gasteiger partial charge is 0.0991 e. The molecule has 0 bridgehead atoms. The maximum atomic E-state index is 9.50. The molecule has 1 spiro atoms. The van der Waals surface area contributed by atoms with Crippen molar-refractivity contribution < 1.29 is 0 Å². The average Bonchev–Trinajstić information content (AvgIpc) is 3.40. The summed E-state index contributed by atoms with van der Waals surface area (Å²) >= 11 is 0. The van der Waals surface area contributed by atoms with Crippen molar-refractivity contribution in [2.45, 2.75) is 24.7 Å². The molecular weight excluding hydrogens is 520 g/mol. The van der Waals surface area contributed by atoms with Crippen LogP contribution in [0.4, 0.5) is 0 Å². The summed E-state index contributed by atoms with van der Waals surface area (Å²) in [7, 11) is 0. The first-order chi connectivity index (χ1) is 21.1. The van der Waals surface area contributed by atoms with Crippen LogP contribution >= 0.6 is 0 Å². The Kier molecular flexibility index (Phi) is 4.70. The summed E-state index contributed by atoms with van der Waals surface area (Å²) in [5, 5.41) is 12.1. The Morgan fingerprint density at radius 2 is 1.19 bits per heavy atom. The van der Waals surface area contributed by atoms with E-state index in [0.717, 1.165) is 5.56 Å². The van der Waals surface area contributed by atoms with E-state index in [1.807, 2.05) is 12.1 Å². The van der Waals surface area contributed by atoms with Crippen LogP contribution in [0.2, 0.25) is 0 Å². The number of aromatic nitrogens is 1. The van der Waals surface area contributed by atoms with Gasteiger partial charge >= 0.3 is 0 Å². The van der Waals surface area contributed by atoms with Gasteiger partial charge in [-0.1, -0.05) is 123 Å². The van der Waals surface area contributed by atoms with Gasteiger partial charge in [-0.15, -0.1) is 0 Å². The second-order valence-corrected chi connectivity index (χ2v) is 12.4. The van der Waals surface area contributed by atoms with Crippen LogP contribution in [0.3, 0.4) is 0 Å². The van der Waals surface area contributed by atoms with Crippen molar-refractivity contribution in [1.29, 1.82) is 5.26 Å². The van der Waals surface area contributed by atoms with Crippen LogP contribution in [0.25, 0.3) is 38.6 Å². The quantitative estimate of drug-likeness (QED) is 0.201. The lowest BCUT2D eigenvalue weighted by Gasteiger charge is -2.50. The molecule has 1 unspecified atom stereocenters. The van der Waals surface area contributed by atoms with Crippen LogP contribution in [0.5, 0.6) is 0 Å². The summed E-state index contributed by atoms with van der Waals surface area (Å²) in [5.74, 6) is 0. The SMILES string of the molecule is CC1(C)c2ccccc2C2(c3ccccc3-n3c4ccccc4c4cccc2c43)c2cccc(-c3ccc(C#N)cc3)c21.